The Hall–Kier alpha value is 0.780. The smallest absolute Gasteiger partial charge is 0.0600 e. The maximum absolute atomic E-state index is 4.70. The van der Waals surface area contributed by atoms with Crippen molar-refractivity contribution in [2.45, 2.75) is 17.8 Å². The van der Waals surface area contributed by atoms with Gasteiger partial charge < -0.3 is 4.90 Å². The molecule has 10 heavy (non-hydrogen) atoms. The molecule has 1 atom stereocenters. The van der Waals surface area contributed by atoms with Gasteiger partial charge in [-0.3, -0.25) is 0 Å². The summed E-state index contributed by atoms with van der Waals surface area (Å²) in [6.07, 6.45) is 0. The largest absolute Gasteiger partial charge is 0.302 e. The Kier molecular flexibility index (Phi) is 6.99. The lowest BCUT2D eigenvalue weighted by Gasteiger charge is -2.18. The van der Waals surface area contributed by atoms with E-state index in [4.69, 9.17) is 12.2 Å². The predicted molar refractivity (Wildman–Crippen MR) is 58.2 cm³/mol. The lowest BCUT2D eigenvalue weighted by Crippen LogP contribution is -2.29. The van der Waals surface area contributed by atoms with Crippen LogP contribution in [0.3, 0.4) is 0 Å². The van der Waals surface area contributed by atoms with Crippen molar-refractivity contribution >= 4 is 40.2 Å². The molecule has 0 aliphatic carbocycles. The Balaban J connectivity index is 3.51. The van der Waals surface area contributed by atoms with Gasteiger partial charge in [0, 0.05) is 11.9 Å². The molecular weight excluding hydrogens is 257 g/mol. The topological polar surface area (TPSA) is 3.24 Å². The molecule has 0 fully saturated rings. The molecule has 0 spiro atoms. The van der Waals surface area contributed by atoms with Gasteiger partial charge in [0.05, 0.1) is 3.92 Å². The molecular formula is C7H13INS. The van der Waals surface area contributed by atoms with E-state index in [9.17, 15) is 0 Å². The Bertz CT molecular complexity index is 93.6. The Labute approximate surface area is 82.3 Å². The van der Waals surface area contributed by atoms with Crippen LogP contribution in [0, 0.1) is 0 Å². The van der Waals surface area contributed by atoms with Gasteiger partial charge in [-0.25, -0.2) is 0 Å². The zero-order chi connectivity index (χ0) is 7.98. The van der Waals surface area contributed by atoms with E-state index in [1.807, 2.05) is 0 Å². The first kappa shape index (κ1) is 10.8. The zero-order valence-electron chi connectivity index (χ0n) is 6.43. The summed E-state index contributed by atoms with van der Waals surface area (Å²) >= 11 is 7.02. The third-order valence-corrected chi connectivity index (χ3v) is 2.85. The van der Waals surface area contributed by atoms with Crippen LogP contribution < -0.4 is 0 Å². The van der Waals surface area contributed by atoms with Crippen LogP contribution >= 0.6 is 34.8 Å². The van der Waals surface area contributed by atoms with Gasteiger partial charge in [-0.15, -0.1) is 0 Å². The van der Waals surface area contributed by atoms with E-state index in [1.165, 1.54) is 0 Å². The van der Waals surface area contributed by atoms with Gasteiger partial charge in [-0.1, -0.05) is 48.7 Å². The van der Waals surface area contributed by atoms with Gasteiger partial charge in [0.2, 0.25) is 0 Å². The fourth-order valence-corrected chi connectivity index (χ4v) is 1.38. The van der Waals surface area contributed by atoms with Crippen molar-refractivity contribution < 1.29 is 0 Å². The third kappa shape index (κ3) is 4.57. The molecule has 0 aliphatic rings. The van der Waals surface area contributed by atoms with E-state index in [-0.39, 0.29) is 0 Å². The highest BCUT2D eigenvalue weighted by Crippen LogP contribution is 2.00. The minimum absolute atomic E-state index is 0.396. The molecule has 0 heterocycles. The summed E-state index contributed by atoms with van der Waals surface area (Å²) in [6.45, 7) is 7.57. The minimum atomic E-state index is 0.396. The van der Waals surface area contributed by atoms with Crippen LogP contribution in [-0.2, 0) is 0 Å². The van der Waals surface area contributed by atoms with E-state index < -0.39 is 0 Å². The molecule has 0 aliphatic heterocycles. The second-order valence-corrected chi connectivity index (χ2v) is 3.81. The Morgan fingerprint density at radius 1 is 1.50 bits per heavy atom. The molecule has 3 heteroatoms. The van der Waals surface area contributed by atoms with Gasteiger partial charge in [0.1, 0.15) is 0 Å². The summed E-state index contributed by atoms with van der Waals surface area (Å²) < 4.78 is 0.396. The molecule has 0 saturated heterocycles. The van der Waals surface area contributed by atoms with E-state index >= 15 is 0 Å². The fraction of sp³-hybridized carbons (Fsp3) is 0.857. The Morgan fingerprint density at radius 2 is 2.00 bits per heavy atom. The van der Waals surface area contributed by atoms with Crippen molar-refractivity contribution in [2.75, 3.05) is 19.6 Å². The lowest BCUT2D eigenvalue weighted by atomic mass is 10.4. The number of thiocarbonyl (C=S) groups is 1. The molecule has 1 unspecified atom stereocenters. The SMILES string of the molecule is CCN(CC)CC(I)[C]=S. The summed E-state index contributed by atoms with van der Waals surface area (Å²) in [6, 6.07) is 0. The van der Waals surface area contributed by atoms with Crippen LogP contribution in [-0.4, -0.2) is 33.8 Å². The number of nitrogens with zero attached hydrogens (tertiary/aromatic N) is 1. The summed E-state index contributed by atoms with van der Waals surface area (Å²) in [5, 5.41) is 2.79. The second-order valence-electron chi connectivity index (χ2n) is 2.07. The molecule has 0 amide bonds. The van der Waals surface area contributed by atoms with E-state index in [1.54, 1.807) is 0 Å². The Morgan fingerprint density at radius 3 is 2.30 bits per heavy atom. The van der Waals surface area contributed by atoms with Crippen LogP contribution in [0.15, 0.2) is 0 Å². The lowest BCUT2D eigenvalue weighted by molar-refractivity contribution is 0.319. The standard InChI is InChI=1S/C7H13INS/c1-3-9(4-2)5-7(8)6-10/h7H,3-5H2,1-2H3. The van der Waals surface area contributed by atoms with Crippen molar-refractivity contribution in [1.82, 2.24) is 4.90 Å². The van der Waals surface area contributed by atoms with Gasteiger partial charge in [0.15, 0.2) is 0 Å². The molecule has 59 valence electrons. The van der Waals surface area contributed by atoms with E-state index in [0.717, 1.165) is 19.6 Å². The number of hydrogen-bond acceptors (Lipinski definition) is 2. The quantitative estimate of drug-likeness (QED) is 0.427. The summed E-state index contributed by atoms with van der Waals surface area (Å²) in [7, 11) is 0. The molecule has 1 radical (unpaired) electrons. The van der Waals surface area contributed by atoms with Crippen LogP contribution in [0.5, 0.6) is 0 Å². The third-order valence-electron chi connectivity index (χ3n) is 1.44. The molecule has 1 nitrogen and oxygen atoms in total. The molecule has 0 aromatic rings. The van der Waals surface area contributed by atoms with Gasteiger partial charge in [-0.2, -0.15) is 0 Å². The average molecular weight is 270 g/mol. The van der Waals surface area contributed by atoms with Gasteiger partial charge in [-0.05, 0) is 13.1 Å². The van der Waals surface area contributed by atoms with Gasteiger partial charge >= 0.3 is 0 Å². The molecule has 0 N–H and O–H groups in total. The van der Waals surface area contributed by atoms with Crippen molar-refractivity contribution in [3.05, 3.63) is 0 Å². The number of halogens is 1. The van der Waals surface area contributed by atoms with E-state index in [2.05, 4.69) is 46.7 Å². The number of hydrogen-bond donors (Lipinski definition) is 0. The molecule has 0 aromatic carbocycles. The first-order valence-electron chi connectivity index (χ1n) is 3.48. The van der Waals surface area contributed by atoms with Crippen LogP contribution in [0.25, 0.3) is 0 Å². The fourth-order valence-electron chi connectivity index (χ4n) is 0.746. The highest BCUT2D eigenvalue weighted by Gasteiger charge is 2.04. The van der Waals surface area contributed by atoms with Crippen molar-refractivity contribution in [3.8, 4) is 0 Å². The normalized spacial score (nSPS) is 13.6. The zero-order valence-corrected chi connectivity index (χ0v) is 9.41. The average Bonchev–Trinajstić information content (AvgIpc) is 1.99. The highest BCUT2D eigenvalue weighted by atomic mass is 127. The van der Waals surface area contributed by atoms with Crippen molar-refractivity contribution in [3.63, 3.8) is 0 Å². The van der Waals surface area contributed by atoms with E-state index in [0.29, 0.717) is 3.92 Å². The summed E-state index contributed by atoms with van der Waals surface area (Å²) in [4.78, 5) is 2.34. The minimum Gasteiger partial charge on any atom is -0.302 e. The highest BCUT2D eigenvalue weighted by molar-refractivity contribution is 14.1. The molecule has 0 aromatic heterocycles. The second kappa shape index (κ2) is 6.49. The predicted octanol–water partition coefficient (Wildman–Crippen LogP) is 2.01. The monoisotopic (exact) mass is 270 g/mol. The number of alkyl halides is 1. The first-order valence-corrected chi connectivity index (χ1v) is 5.14. The van der Waals surface area contributed by atoms with Crippen LogP contribution in [0.2, 0.25) is 0 Å². The van der Waals surface area contributed by atoms with Gasteiger partial charge in [0.25, 0.3) is 0 Å². The maximum Gasteiger partial charge on any atom is 0.0600 e. The van der Waals surface area contributed by atoms with Crippen LogP contribution in [0.4, 0.5) is 0 Å². The number of rotatable bonds is 5. The molecule has 0 saturated carbocycles. The molecule has 0 bridgehead atoms. The summed E-state index contributed by atoms with van der Waals surface area (Å²) in [5.74, 6) is 0. The maximum atomic E-state index is 4.70. The summed E-state index contributed by atoms with van der Waals surface area (Å²) in [5.41, 5.74) is 0. The van der Waals surface area contributed by atoms with Crippen molar-refractivity contribution in [2.24, 2.45) is 0 Å². The van der Waals surface area contributed by atoms with Crippen LogP contribution in [0.1, 0.15) is 13.8 Å². The van der Waals surface area contributed by atoms with Crippen molar-refractivity contribution in [1.29, 1.82) is 0 Å². The first-order chi connectivity index (χ1) is 4.74. The molecule has 0 rings (SSSR count).